The zero-order chi connectivity index (χ0) is 10.8. The van der Waals surface area contributed by atoms with Crippen LogP contribution in [-0.4, -0.2) is 11.7 Å². The van der Waals surface area contributed by atoms with E-state index in [-0.39, 0.29) is 6.42 Å². The van der Waals surface area contributed by atoms with E-state index in [4.69, 9.17) is 0 Å². The monoisotopic (exact) mass is 202 g/mol. The first kappa shape index (κ1) is 10.8. The predicted molar refractivity (Wildman–Crippen MR) is 45.7 cm³/mol. The van der Waals surface area contributed by atoms with Crippen LogP contribution in [0, 0.1) is 5.82 Å². The topological polar surface area (TPSA) is 17.1 Å². The van der Waals surface area contributed by atoms with Crippen molar-refractivity contribution in [1.29, 1.82) is 0 Å². The summed E-state index contributed by atoms with van der Waals surface area (Å²) in [6, 6.07) is 4.91. The fraction of sp³-hybridized carbons (Fsp3) is 0.300. The van der Waals surface area contributed by atoms with Crippen LogP contribution in [0.1, 0.15) is 12.5 Å². The Balaban J connectivity index is 2.71. The van der Waals surface area contributed by atoms with Crippen LogP contribution in [0.4, 0.5) is 13.2 Å². The fourth-order valence-corrected chi connectivity index (χ4v) is 0.943. The minimum Gasteiger partial charge on any atom is -0.293 e. The van der Waals surface area contributed by atoms with E-state index >= 15 is 0 Å². The SMILES string of the molecule is CC(F)(F)C(=O)Cc1ccc(F)cc1. The molecule has 0 saturated heterocycles. The second kappa shape index (κ2) is 3.82. The summed E-state index contributed by atoms with van der Waals surface area (Å²) < 4.78 is 37.3. The lowest BCUT2D eigenvalue weighted by Crippen LogP contribution is -2.26. The van der Waals surface area contributed by atoms with Crippen molar-refractivity contribution in [2.24, 2.45) is 0 Å². The standard InChI is InChI=1S/C10H9F3O/c1-10(12,13)9(14)6-7-2-4-8(11)5-3-7/h2-5H,6H2,1H3. The number of rotatable bonds is 3. The van der Waals surface area contributed by atoms with E-state index in [1.165, 1.54) is 12.1 Å². The van der Waals surface area contributed by atoms with E-state index < -0.39 is 17.5 Å². The van der Waals surface area contributed by atoms with Gasteiger partial charge in [-0.3, -0.25) is 4.79 Å². The lowest BCUT2D eigenvalue weighted by molar-refractivity contribution is -0.139. The smallest absolute Gasteiger partial charge is 0.293 e. The number of Topliss-reactive ketones (excluding diaryl/α,β-unsaturated/α-hetero) is 1. The minimum atomic E-state index is -3.33. The van der Waals surface area contributed by atoms with Crippen LogP contribution in [0.5, 0.6) is 0 Å². The highest BCUT2D eigenvalue weighted by Crippen LogP contribution is 2.16. The fourth-order valence-electron chi connectivity index (χ4n) is 0.943. The third kappa shape index (κ3) is 2.87. The largest absolute Gasteiger partial charge is 0.302 e. The van der Waals surface area contributed by atoms with Crippen LogP contribution >= 0.6 is 0 Å². The molecule has 1 aromatic rings. The van der Waals surface area contributed by atoms with Crippen LogP contribution in [0.2, 0.25) is 0 Å². The second-order valence-corrected chi connectivity index (χ2v) is 3.11. The summed E-state index contributed by atoms with van der Waals surface area (Å²) in [4.78, 5) is 10.9. The average molecular weight is 202 g/mol. The van der Waals surface area contributed by atoms with Crippen molar-refractivity contribution in [3.8, 4) is 0 Å². The highest BCUT2D eigenvalue weighted by atomic mass is 19.3. The second-order valence-electron chi connectivity index (χ2n) is 3.11. The maximum absolute atomic E-state index is 12.5. The summed E-state index contributed by atoms with van der Waals surface area (Å²) in [5.41, 5.74) is 0.387. The van der Waals surface area contributed by atoms with Gasteiger partial charge in [0.2, 0.25) is 5.78 Å². The molecule has 0 amide bonds. The first-order chi connectivity index (χ1) is 6.39. The van der Waals surface area contributed by atoms with E-state index in [1.807, 2.05) is 0 Å². The Morgan fingerprint density at radius 2 is 1.79 bits per heavy atom. The molecular formula is C10H9F3O. The Kier molecular flexibility index (Phi) is 2.93. The van der Waals surface area contributed by atoms with Crippen molar-refractivity contribution in [3.05, 3.63) is 35.6 Å². The molecule has 1 nitrogen and oxygen atoms in total. The zero-order valence-electron chi connectivity index (χ0n) is 7.56. The van der Waals surface area contributed by atoms with Gasteiger partial charge in [0, 0.05) is 13.3 Å². The van der Waals surface area contributed by atoms with Gasteiger partial charge in [-0.1, -0.05) is 12.1 Å². The van der Waals surface area contributed by atoms with Gasteiger partial charge in [-0.05, 0) is 17.7 Å². The van der Waals surface area contributed by atoms with E-state index in [2.05, 4.69) is 0 Å². The van der Waals surface area contributed by atoms with Crippen molar-refractivity contribution in [3.63, 3.8) is 0 Å². The van der Waals surface area contributed by atoms with Crippen molar-refractivity contribution in [2.75, 3.05) is 0 Å². The molecule has 14 heavy (non-hydrogen) atoms. The van der Waals surface area contributed by atoms with Gasteiger partial charge in [0.15, 0.2) is 0 Å². The Morgan fingerprint density at radius 3 is 2.21 bits per heavy atom. The molecule has 1 aromatic carbocycles. The van der Waals surface area contributed by atoms with Gasteiger partial charge in [0.05, 0.1) is 0 Å². The number of benzene rings is 1. The van der Waals surface area contributed by atoms with E-state index in [1.54, 1.807) is 0 Å². The van der Waals surface area contributed by atoms with Gasteiger partial charge >= 0.3 is 5.92 Å². The highest BCUT2D eigenvalue weighted by Gasteiger charge is 2.31. The number of ketones is 1. The molecule has 4 heteroatoms. The molecule has 0 fully saturated rings. The summed E-state index contributed by atoms with van der Waals surface area (Å²) in [7, 11) is 0. The van der Waals surface area contributed by atoms with Crippen molar-refractivity contribution in [1.82, 2.24) is 0 Å². The molecule has 0 radical (unpaired) electrons. The Labute approximate surface area is 79.5 Å². The molecule has 76 valence electrons. The number of hydrogen-bond acceptors (Lipinski definition) is 1. The van der Waals surface area contributed by atoms with Crippen molar-refractivity contribution in [2.45, 2.75) is 19.3 Å². The van der Waals surface area contributed by atoms with Gasteiger partial charge in [-0.15, -0.1) is 0 Å². The molecule has 0 aliphatic rings. The summed E-state index contributed by atoms with van der Waals surface area (Å²) in [6.07, 6.45) is -0.371. The van der Waals surface area contributed by atoms with Gasteiger partial charge in [0.1, 0.15) is 5.82 Å². The first-order valence-electron chi connectivity index (χ1n) is 4.05. The molecule has 0 bridgehead atoms. The quantitative estimate of drug-likeness (QED) is 0.736. The molecule has 0 heterocycles. The van der Waals surface area contributed by atoms with Crippen LogP contribution in [0.25, 0.3) is 0 Å². The van der Waals surface area contributed by atoms with Crippen molar-refractivity contribution >= 4 is 5.78 Å². The molecule has 1 rings (SSSR count). The van der Waals surface area contributed by atoms with E-state index in [0.29, 0.717) is 12.5 Å². The van der Waals surface area contributed by atoms with Gasteiger partial charge < -0.3 is 0 Å². The molecular weight excluding hydrogens is 193 g/mol. The first-order valence-corrected chi connectivity index (χ1v) is 4.05. The van der Waals surface area contributed by atoms with Crippen LogP contribution in [-0.2, 0) is 11.2 Å². The normalized spacial score (nSPS) is 11.4. The average Bonchev–Trinajstić information content (AvgIpc) is 2.07. The number of alkyl halides is 2. The lowest BCUT2D eigenvalue weighted by Gasteiger charge is -2.08. The molecule has 0 spiro atoms. The highest BCUT2D eigenvalue weighted by molar-refractivity contribution is 5.87. The van der Waals surface area contributed by atoms with Crippen LogP contribution < -0.4 is 0 Å². The minimum absolute atomic E-state index is 0.371. The van der Waals surface area contributed by atoms with Crippen LogP contribution in [0.3, 0.4) is 0 Å². The third-order valence-electron chi connectivity index (χ3n) is 1.77. The molecule has 0 aliphatic carbocycles. The number of hydrogen-bond donors (Lipinski definition) is 0. The zero-order valence-corrected chi connectivity index (χ0v) is 7.56. The summed E-state index contributed by atoms with van der Waals surface area (Å²) >= 11 is 0. The number of carbonyl (C=O) groups is 1. The Morgan fingerprint density at radius 1 is 1.29 bits per heavy atom. The number of carbonyl (C=O) groups excluding carboxylic acids is 1. The van der Waals surface area contributed by atoms with Gasteiger partial charge in [0.25, 0.3) is 0 Å². The predicted octanol–water partition coefficient (Wildman–Crippen LogP) is 2.59. The summed E-state index contributed by atoms with van der Waals surface area (Å²) in [6.45, 7) is 0.554. The Bertz CT molecular complexity index is 324. The molecule has 0 unspecified atom stereocenters. The molecule has 0 saturated carbocycles. The Hall–Kier alpha value is -1.32. The van der Waals surface area contributed by atoms with E-state index in [0.717, 1.165) is 12.1 Å². The van der Waals surface area contributed by atoms with Gasteiger partial charge in [-0.2, -0.15) is 8.78 Å². The maximum Gasteiger partial charge on any atom is 0.302 e. The third-order valence-corrected chi connectivity index (χ3v) is 1.77. The van der Waals surface area contributed by atoms with Gasteiger partial charge in [-0.25, -0.2) is 4.39 Å². The molecule has 0 atom stereocenters. The van der Waals surface area contributed by atoms with E-state index in [9.17, 15) is 18.0 Å². The molecule has 0 N–H and O–H groups in total. The molecule has 0 aliphatic heterocycles. The number of halogens is 3. The maximum atomic E-state index is 12.5. The molecule has 0 aromatic heterocycles. The van der Waals surface area contributed by atoms with Crippen LogP contribution in [0.15, 0.2) is 24.3 Å². The summed E-state index contributed by atoms with van der Waals surface area (Å²) in [5.74, 6) is -4.94. The summed E-state index contributed by atoms with van der Waals surface area (Å²) in [5, 5.41) is 0. The van der Waals surface area contributed by atoms with Crippen molar-refractivity contribution < 1.29 is 18.0 Å². The lowest BCUT2D eigenvalue weighted by atomic mass is 10.1.